The summed E-state index contributed by atoms with van der Waals surface area (Å²) in [6.07, 6.45) is 3.07. The monoisotopic (exact) mass is 240 g/mol. The van der Waals surface area contributed by atoms with Crippen molar-refractivity contribution in [3.63, 3.8) is 0 Å². The lowest BCUT2D eigenvalue weighted by atomic mass is 10.0. The number of nitrogens with one attached hydrogen (secondary N) is 1. The second kappa shape index (κ2) is 6.62. The highest BCUT2D eigenvalue weighted by molar-refractivity contribution is 6.35. The van der Waals surface area contributed by atoms with Crippen molar-refractivity contribution in [1.29, 1.82) is 0 Å². The molecule has 1 aliphatic rings. The van der Waals surface area contributed by atoms with Crippen LogP contribution in [0.25, 0.3) is 0 Å². The lowest BCUT2D eigenvalue weighted by Crippen LogP contribution is -2.47. The third-order valence-corrected chi connectivity index (χ3v) is 3.15. The van der Waals surface area contributed by atoms with Crippen molar-refractivity contribution in [2.45, 2.75) is 40.0 Å². The van der Waals surface area contributed by atoms with Crippen molar-refractivity contribution in [1.82, 2.24) is 10.2 Å². The van der Waals surface area contributed by atoms with Crippen LogP contribution in [0.3, 0.4) is 0 Å². The van der Waals surface area contributed by atoms with E-state index in [0.29, 0.717) is 18.4 Å². The number of nitrogens with zero attached hydrogens (tertiary/aromatic N) is 1. The predicted molar refractivity (Wildman–Crippen MR) is 67.4 cm³/mol. The number of rotatable bonds is 3. The summed E-state index contributed by atoms with van der Waals surface area (Å²) >= 11 is 0. The third-order valence-electron chi connectivity index (χ3n) is 3.15. The first-order chi connectivity index (χ1) is 8.00. The molecule has 2 amide bonds. The van der Waals surface area contributed by atoms with E-state index < -0.39 is 5.91 Å². The van der Waals surface area contributed by atoms with E-state index in [0.717, 1.165) is 32.4 Å². The van der Waals surface area contributed by atoms with Gasteiger partial charge in [-0.1, -0.05) is 20.8 Å². The Morgan fingerprint density at radius 1 is 1.41 bits per heavy atom. The van der Waals surface area contributed by atoms with Crippen LogP contribution in [0.2, 0.25) is 0 Å². The van der Waals surface area contributed by atoms with Crippen molar-refractivity contribution < 1.29 is 9.59 Å². The van der Waals surface area contributed by atoms with Crippen molar-refractivity contribution in [3.05, 3.63) is 0 Å². The molecule has 0 bridgehead atoms. The van der Waals surface area contributed by atoms with Crippen LogP contribution in [0, 0.1) is 11.8 Å². The van der Waals surface area contributed by atoms with E-state index in [2.05, 4.69) is 26.1 Å². The first kappa shape index (κ1) is 14.0. The molecule has 1 atom stereocenters. The van der Waals surface area contributed by atoms with E-state index in [9.17, 15) is 9.59 Å². The zero-order chi connectivity index (χ0) is 12.8. The van der Waals surface area contributed by atoms with Gasteiger partial charge in [0, 0.05) is 19.6 Å². The van der Waals surface area contributed by atoms with Crippen LogP contribution in [0.1, 0.15) is 40.0 Å². The molecule has 1 unspecified atom stereocenters. The summed E-state index contributed by atoms with van der Waals surface area (Å²) in [6, 6.07) is 0. The Balaban J connectivity index is 2.33. The summed E-state index contributed by atoms with van der Waals surface area (Å²) < 4.78 is 0. The minimum atomic E-state index is -0.445. The molecule has 1 aliphatic heterocycles. The van der Waals surface area contributed by atoms with Crippen molar-refractivity contribution >= 4 is 11.8 Å². The van der Waals surface area contributed by atoms with E-state index in [1.807, 2.05) is 0 Å². The van der Waals surface area contributed by atoms with Crippen LogP contribution in [0.5, 0.6) is 0 Å². The van der Waals surface area contributed by atoms with Gasteiger partial charge in [-0.3, -0.25) is 9.59 Å². The Morgan fingerprint density at radius 3 is 2.71 bits per heavy atom. The van der Waals surface area contributed by atoms with E-state index >= 15 is 0 Å². The lowest BCUT2D eigenvalue weighted by molar-refractivity contribution is -0.146. The molecule has 4 nitrogen and oxygen atoms in total. The van der Waals surface area contributed by atoms with E-state index in [4.69, 9.17) is 0 Å². The first-order valence-corrected chi connectivity index (χ1v) is 6.57. The smallest absolute Gasteiger partial charge is 0.311 e. The van der Waals surface area contributed by atoms with Gasteiger partial charge in [-0.2, -0.15) is 0 Å². The second-order valence-corrected chi connectivity index (χ2v) is 5.44. The molecule has 1 heterocycles. The summed E-state index contributed by atoms with van der Waals surface area (Å²) in [5.41, 5.74) is 0. The van der Waals surface area contributed by atoms with Gasteiger partial charge >= 0.3 is 11.8 Å². The minimum absolute atomic E-state index is 0.361. The summed E-state index contributed by atoms with van der Waals surface area (Å²) in [4.78, 5) is 25.1. The quantitative estimate of drug-likeness (QED) is 0.758. The number of likely N-dealkylation sites (tertiary alicyclic amines) is 1. The van der Waals surface area contributed by atoms with Crippen molar-refractivity contribution in [2.24, 2.45) is 11.8 Å². The molecule has 17 heavy (non-hydrogen) atoms. The Labute approximate surface area is 104 Å². The lowest BCUT2D eigenvalue weighted by Gasteiger charge is -2.30. The number of hydrogen-bond acceptors (Lipinski definition) is 2. The van der Waals surface area contributed by atoms with Crippen LogP contribution in [0.15, 0.2) is 0 Å². The second-order valence-electron chi connectivity index (χ2n) is 5.44. The first-order valence-electron chi connectivity index (χ1n) is 6.57. The molecule has 4 heteroatoms. The van der Waals surface area contributed by atoms with Gasteiger partial charge in [0.15, 0.2) is 0 Å². The van der Waals surface area contributed by atoms with Crippen LogP contribution >= 0.6 is 0 Å². The van der Waals surface area contributed by atoms with Gasteiger partial charge in [0.25, 0.3) is 0 Å². The highest BCUT2D eigenvalue weighted by atomic mass is 16.2. The molecule has 1 fully saturated rings. The molecule has 0 radical (unpaired) electrons. The summed E-state index contributed by atoms with van der Waals surface area (Å²) in [6.45, 7) is 8.35. The Bertz CT molecular complexity index is 277. The number of carbonyl (C=O) groups excluding carboxylic acids is 2. The minimum Gasteiger partial charge on any atom is -0.348 e. The van der Waals surface area contributed by atoms with E-state index in [1.54, 1.807) is 4.90 Å². The molecule has 1 N–H and O–H groups in total. The zero-order valence-electron chi connectivity index (χ0n) is 11.2. The molecular weight excluding hydrogens is 216 g/mol. The fourth-order valence-electron chi connectivity index (χ4n) is 2.07. The fraction of sp³-hybridized carbons (Fsp3) is 0.846. The number of piperidine rings is 1. The van der Waals surface area contributed by atoms with Gasteiger partial charge in [-0.05, 0) is 31.1 Å². The van der Waals surface area contributed by atoms with Gasteiger partial charge in [0.1, 0.15) is 0 Å². The molecule has 98 valence electrons. The van der Waals surface area contributed by atoms with Crippen LogP contribution < -0.4 is 5.32 Å². The molecule has 0 aliphatic carbocycles. The third kappa shape index (κ3) is 4.75. The Hall–Kier alpha value is -1.06. The van der Waals surface area contributed by atoms with Gasteiger partial charge in [0.05, 0.1) is 0 Å². The maximum Gasteiger partial charge on any atom is 0.311 e. The summed E-state index contributed by atoms with van der Waals surface area (Å²) in [5.74, 6) is 0.247. The zero-order valence-corrected chi connectivity index (χ0v) is 11.2. The maximum atomic E-state index is 11.8. The largest absolute Gasteiger partial charge is 0.348 e. The Morgan fingerprint density at radius 2 is 2.12 bits per heavy atom. The van der Waals surface area contributed by atoms with Gasteiger partial charge in [-0.25, -0.2) is 0 Å². The van der Waals surface area contributed by atoms with E-state index in [1.165, 1.54) is 0 Å². The normalized spacial score (nSPS) is 20.5. The molecule has 0 saturated carbocycles. The highest BCUT2D eigenvalue weighted by Gasteiger charge is 2.25. The molecule has 0 aromatic rings. The molecule has 1 rings (SSSR count). The summed E-state index contributed by atoms with van der Waals surface area (Å²) in [5, 5.41) is 2.70. The summed E-state index contributed by atoms with van der Waals surface area (Å²) in [7, 11) is 0. The molecular formula is C13H24N2O2. The maximum absolute atomic E-state index is 11.8. The van der Waals surface area contributed by atoms with Crippen molar-refractivity contribution in [3.8, 4) is 0 Å². The Kier molecular flexibility index (Phi) is 5.45. The standard InChI is InChI=1S/C13H24N2O2/c1-10(2)6-7-14-12(16)13(17)15-8-4-5-11(3)9-15/h10-11H,4-9H2,1-3H3,(H,14,16). The van der Waals surface area contributed by atoms with Crippen molar-refractivity contribution in [2.75, 3.05) is 19.6 Å². The topological polar surface area (TPSA) is 49.4 Å². The highest BCUT2D eigenvalue weighted by Crippen LogP contribution is 2.15. The number of carbonyl (C=O) groups is 2. The molecule has 1 saturated heterocycles. The average molecular weight is 240 g/mol. The molecule has 0 aromatic heterocycles. The SMILES string of the molecule is CC(C)CCNC(=O)C(=O)N1CCCC(C)C1. The molecule has 0 spiro atoms. The van der Waals surface area contributed by atoms with Gasteiger partial charge in [-0.15, -0.1) is 0 Å². The van der Waals surface area contributed by atoms with E-state index in [-0.39, 0.29) is 5.91 Å². The van der Waals surface area contributed by atoms with Crippen LogP contribution in [0.4, 0.5) is 0 Å². The van der Waals surface area contributed by atoms with Crippen LogP contribution in [-0.4, -0.2) is 36.3 Å². The van der Waals surface area contributed by atoms with Gasteiger partial charge in [0.2, 0.25) is 0 Å². The number of hydrogen-bond donors (Lipinski definition) is 1. The fourth-order valence-corrected chi connectivity index (χ4v) is 2.07. The predicted octanol–water partition coefficient (Wildman–Crippen LogP) is 1.41. The molecule has 0 aromatic carbocycles. The van der Waals surface area contributed by atoms with Gasteiger partial charge < -0.3 is 10.2 Å². The average Bonchev–Trinajstić information content (AvgIpc) is 2.27. The number of amides is 2. The van der Waals surface area contributed by atoms with Crippen LogP contribution in [-0.2, 0) is 9.59 Å².